The number of hydrogen-bond donors (Lipinski definition) is 1. The summed E-state index contributed by atoms with van der Waals surface area (Å²) >= 11 is 0. The van der Waals surface area contributed by atoms with Crippen molar-refractivity contribution in [3.63, 3.8) is 0 Å². The summed E-state index contributed by atoms with van der Waals surface area (Å²) in [6.07, 6.45) is -0.613. The number of methoxy groups -OCH3 is 2. The van der Waals surface area contributed by atoms with E-state index in [1.807, 2.05) is 60.7 Å². The monoisotopic (exact) mass is 393 g/mol. The fraction of sp³-hybridized carbons (Fsp3) is 0.227. The van der Waals surface area contributed by atoms with Crippen molar-refractivity contribution in [2.24, 2.45) is 7.05 Å². The first-order valence-corrected chi connectivity index (χ1v) is 9.12. The largest absolute Gasteiger partial charge is 0.354 e. The quantitative estimate of drug-likeness (QED) is 0.624. The highest BCUT2D eigenvalue weighted by atomic mass is 16.7. The molecule has 0 bridgehead atoms. The number of aromatic nitrogens is 2. The molecule has 0 spiro atoms. The molecule has 0 radical (unpaired) electrons. The minimum absolute atomic E-state index is 0.0264. The summed E-state index contributed by atoms with van der Waals surface area (Å²) in [5, 5.41) is 7.19. The van der Waals surface area contributed by atoms with Crippen LogP contribution in [0.4, 0.5) is 0 Å². The topological polar surface area (TPSA) is 82.5 Å². The number of carbonyl (C=O) groups is 1. The maximum Gasteiger partial charge on any atom is 0.280 e. The van der Waals surface area contributed by atoms with E-state index in [1.54, 1.807) is 0 Å². The van der Waals surface area contributed by atoms with E-state index in [9.17, 15) is 9.59 Å². The molecule has 29 heavy (non-hydrogen) atoms. The lowest BCUT2D eigenvalue weighted by Gasteiger charge is -2.17. The lowest BCUT2D eigenvalue weighted by molar-refractivity contribution is -0.0974. The molecule has 0 saturated heterocycles. The van der Waals surface area contributed by atoms with Crippen LogP contribution in [0.25, 0.3) is 22.4 Å². The lowest BCUT2D eigenvalue weighted by Crippen LogP contribution is -2.39. The molecule has 0 aliphatic rings. The Bertz CT molecular complexity index is 1030. The first-order chi connectivity index (χ1) is 14.1. The molecule has 0 fully saturated rings. The molecule has 0 unspecified atom stereocenters. The van der Waals surface area contributed by atoms with Crippen LogP contribution in [0, 0.1) is 0 Å². The van der Waals surface area contributed by atoms with Gasteiger partial charge in [0.1, 0.15) is 5.56 Å². The molecular formula is C22H23N3O4. The van der Waals surface area contributed by atoms with Gasteiger partial charge in [-0.15, -0.1) is 0 Å². The Morgan fingerprint density at radius 1 is 1.00 bits per heavy atom. The Kier molecular flexibility index (Phi) is 6.54. The van der Waals surface area contributed by atoms with Gasteiger partial charge in [0, 0.05) is 32.4 Å². The van der Waals surface area contributed by atoms with Gasteiger partial charge in [-0.25, -0.2) is 4.68 Å². The minimum atomic E-state index is -0.613. The van der Waals surface area contributed by atoms with Gasteiger partial charge in [0.15, 0.2) is 6.29 Å². The van der Waals surface area contributed by atoms with E-state index in [0.717, 1.165) is 11.1 Å². The van der Waals surface area contributed by atoms with E-state index in [1.165, 1.54) is 25.9 Å². The maximum atomic E-state index is 13.1. The fourth-order valence-corrected chi connectivity index (χ4v) is 3.05. The summed E-state index contributed by atoms with van der Waals surface area (Å²) in [6.45, 7) is 0.103. The standard InChI is InChI=1S/C22H23N3O4/c1-25-22(27)19(21(26)23-14-17(28-2)29-3)18(15-10-6-4-7-11-15)20(24-25)16-12-8-5-9-13-16/h4-13,17H,14H2,1-3H3,(H,23,26). The van der Waals surface area contributed by atoms with Crippen molar-refractivity contribution in [1.82, 2.24) is 15.1 Å². The number of hydrogen-bond acceptors (Lipinski definition) is 5. The molecule has 0 aliphatic heterocycles. The van der Waals surface area contributed by atoms with Gasteiger partial charge in [-0.1, -0.05) is 60.7 Å². The molecule has 1 amide bonds. The van der Waals surface area contributed by atoms with Gasteiger partial charge in [-0.2, -0.15) is 5.10 Å². The van der Waals surface area contributed by atoms with Gasteiger partial charge in [0.2, 0.25) is 0 Å². The van der Waals surface area contributed by atoms with Crippen LogP contribution in [0.15, 0.2) is 65.5 Å². The molecule has 3 rings (SSSR count). The SMILES string of the molecule is COC(CNC(=O)c1c(-c2ccccc2)c(-c2ccccc2)nn(C)c1=O)OC. The zero-order valence-electron chi connectivity index (χ0n) is 16.6. The van der Waals surface area contributed by atoms with Crippen molar-refractivity contribution >= 4 is 5.91 Å². The highest BCUT2D eigenvalue weighted by molar-refractivity contribution is 6.03. The summed E-state index contributed by atoms with van der Waals surface area (Å²) in [4.78, 5) is 26.0. The zero-order valence-corrected chi connectivity index (χ0v) is 16.6. The number of aryl methyl sites for hydroxylation is 1. The Morgan fingerprint density at radius 2 is 1.55 bits per heavy atom. The summed E-state index contributed by atoms with van der Waals surface area (Å²) in [5.41, 5.74) is 2.13. The highest BCUT2D eigenvalue weighted by Crippen LogP contribution is 2.31. The van der Waals surface area contributed by atoms with Gasteiger partial charge in [0.05, 0.1) is 12.2 Å². The number of nitrogens with one attached hydrogen (secondary N) is 1. The summed E-state index contributed by atoms with van der Waals surface area (Å²) in [7, 11) is 4.50. The molecule has 1 N–H and O–H groups in total. The first kappa shape index (κ1) is 20.4. The molecule has 1 aromatic heterocycles. The number of amides is 1. The second-order valence-electron chi connectivity index (χ2n) is 6.37. The summed E-state index contributed by atoms with van der Waals surface area (Å²) < 4.78 is 11.4. The third-order valence-corrected chi connectivity index (χ3v) is 4.54. The number of nitrogens with zero attached hydrogens (tertiary/aromatic N) is 2. The Hall–Kier alpha value is -3.29. The second-order valence-corrected chi connectivity index (χ2v) is 6.37. The van der Waals surface area contributed by atoms with Crippen molar-refractivity contribution in [3.8, 4) is 22.4 Å². The lowest BCUT2D eigenvalue weighted by atomic mass is 9.95. The van der Waals surface area contributed by atoms with E-state index in [0.29, 0.717) is 11.3 Å². The predicted molar refractivity (Wildman–Crippen MR) is 110 cm³/mol. The number of carbonyl (C=O) groups excluding carboxylic acids is 1. The number of benzene rings is 2. The normalized spacial score (nSPS) is 10.9. The van der Waals surface area contributed by atoms with E-state index < -0.39 is 17.8 Å². The van der Waals surface area contributed by atoms with Gasteiger partial charge >= 0.3 is 0 Å². The van der Waals surface area contributed by atoms with Gasteiger partial charge in [-0.05, 0) is 5.56 Å². The molecule has 150 valence electrons. The van der Waals surface area contributed by atoms with Crippen LogP contribution in [0.2, 0.25) is 0 Å². The van der Waals surface area contributed by atoms with E-state index in [4.69, 9.17) is 9.47 Å². The van der Waals surface area contributed by atoms with Crippen LogP contribution in [0.3, 0.4) is 0 Å². The number of ether oxygens (including phenoxy) is 2. The van der Waals surface area contributed by atoms with E-state index in [2.05, 4.69) is 10.4 Å². The molecular weight excluding hydrogens is 370 g/mol. The summed E-state index contributed by atoms with van der Waals surface area (Å²) in [6, 6.07) is 18.8. The number of rotatable bonds is 7. The average molecular weight is 393 g/mol. The third-order valence-electron chi connectivity index (χ3n) is 4.54. The molecule has 0 aliphatic carbocycles. The van der Waals surface area contributed by atoms with Crippen LogP contribution >= 0.6 is 0 Å². The molecule has 2 aromatic carbocycles. The Balaban J connectivity index is 2.20. The van der Waals surface area contributed by atoms with Crippen molar-refractivity contribution < 1.29 is 14.3 Å². The van der Waals surface area contributed by atoms with Crippen molar-refractivity contribution in [1.29, 1.82) is 0 Å². The van der Waals surface area contributed by atoms with Crippen LogP contribution < -0.4 is 10.9 Å². The van der Waals surface area contributed by atoms with E-state index >= 15 is 0 Å². The third kappa shape index (κ3) is 4.42. The van der Waals surface area contributed by atoms with Crippen LogP contribution in [0.5, 0.6) is 0 Å². The molecule has 0 saturated carbocycles. The molecule has 7 heteroatoms. The first-order valence-electron chi connectivity index (χ1n) is 9.12. The molecule has 7 nitrogen and oxygen atoms in total. The van der Waals surface area contributed by atoms with Crippen molar-refractivity contribution in [2.45, 2.75) is 6.29 Å². The minimum Gasteiger partial charge on any atom is -0.354 e. The molecule has 0 atom stereocenters. The highest BCUT2D eigenvalue weighted by Gasteiger charge is 2.24. The van der Waals surface area contributed by atoms with Crippen molar-refractivity contribution in [3.05, 3.63) is 76.6 Å². The fourth-order valence-electron chi connectivity index (χ4n) is 3.05. The van der Waals surface area contributed by atoms with Crippen LogP contribution in [0.1, 0.15) is 10.4 Å². The predicted octanol–water partition coefficient (Wildman–Crippen LogP) is 2.46. The summed E-state index contributed by atoms with van der Waals surface area (Å²) in [5.74, 6) is -0.511. The van der Waals surface area contributed by atoms with E-state index in [-0.39, 0.29) is 12.1 Å². The van der Waals surface area contributed by atoms with Crippen LogP contribution in [-0.2, 0) is 16.5 Å². The van der Waals surface area contributed by atoms with Gasteiger partial charge in [0.25, 0.3) is 11.5 Å². The molecule has 3 aromatic rings. The van der Waals surface area contributed by atoms with Gasteiger partial charge in [-0.3, -0.25) is 9.59 Å². The smallest absolute Gasteiger partial charge is 0.280 e. The Labute approximate surface area is 168 Å². The maximum absolute atomic E-state index is 13.1. The Morgan fingerprint density at radius 3 is 2.10 bits per heavy atom. The zero-order chi connectivity index (χ0) is 20.8. The average Bonchev–Trinajstić information content (AvgIpc) is 2.77. The van der Waals surface area contributed by atoms with Gasteiger partial charge < -0.3 is 14.8 Å². The molecule has 1 heterocycles. The second kappa shape index (κ2) is 9.27. The van der Waals surface area contributed by atoms with Crippen molar-refractivity contribution in [2.75, 3.05) is 20.8 Å². The van der Waals surface area contributed by atoms with Crippen LogP contribution in [-0.4, -0.2) is 42.7 Å².